The summed E-state index contributed by atoms with van der Waals surface area (Å²) in [6.07, 6.45) is -1.06. The van der Waals surface area contributed by atoms with Gasteiger partial charge in [0.2, 0.25) is 0 Å². The fourth-order valence-electron chi connectivity index (χ4n) is 6.09. The average Bonchev–Trinajstić information content (AvgIpc) is 3.62. The lowest BCUT2D eigenvalue weighted by molar-refractivity contribution is -0.287. The smallest absolute Gasteiger partial charge is 0.454 e. The van der Waals surface area contributed by atoms with Crippen molar-refractivity contribution in [2.24, 2.45) is 23.7 Å². The Morgan fingerprint density at radius 3 is 2.38 bits per heavy atom. The van der Waals surface area contributed by atoms with E-state index in [0.717, 1.165) is 25.7 Å². The van der Waals surface area contributed by atoms with Gasteiger partial charge in [-0.15, -0.1) is 0 Å². The van der Waals surface area contributed by atoms with Crippen LogP contribution in [-0.2, 0) is 0 Å². The molecule has 4 rings (SSSR count). The highest BCUT2D eigenvalue weighted by atomic mass is 19.4. The molecule has 1 aliphatic carbocycles. The lowest BCUT2D eigenvalue weighted by Gasteiger charge is -2.38. The quantitative estimate of drug-likeness (QED) is 0.388. The number of ether oxygens (including phenoxy) is 1. The zero-order valence-corrected chi connectivity index (χ0v) is 22.5. The Hall–Kier alpha value is -2.01. The molecule has 0 bridgehead atoms. The molecule has 1 aromatic rings. The van der Waals surface area contributed by atoms with E-state index in [1.807, 2.05) is 0 Å². The van der Waals surface area contributed by atoms with Gasteiger partial charge >= 0.3 is 12.1 Å². The molecule has 1 N–H and O–H groups in total. The van der Waals surface area contributed by atoms with Crippen molar-refractivity contribution in [2.75, 3.05) is 39.3 Å². The second-order valence-corrected chi connectivity index (χ2v) is 12.0. The van der Waals surface area contributed by atoms with E-state index in [-0.39, 0.29) is 24.6 Å². The third-order valence-electron chi connectivity index (χ3n) is 8.69. The van der Waals surface area contributed by atoms with Crippen molar-refractivity contribution in [1.29, 1.82) is 0 Å². The molecule has 3 fully saturated rings. The minimum atomic E-state index is -5.53. The van der Waals surface area contributed by atoms with Gasteiger partial charge in [0.15, 0.2) is 0 Å². The molecular weight excluding hydrogens is 526 g/mol. The number of piperidine rings is 2. The molecule has 0 spiro atoms. The van der Waals surface area contributed by atoms with E-state index >= 15 is 0 Å². The number of likely N-dealkylation sites (tertiary alicyclic amines) is 2. The minimum Gasteiger partial charge on any atom is -0.493 e. The Morgan fingerprint density at radius 2 is 1.77 bits per heavy atom. The fraction of sp³-hybridized carbons (Fsp3) is 0.750. The molecule has 3 atom stereocenters. The summed E-state index contributed by atoms with van der Waals surface area (Å²) in [4.78, 5) is 15.7. The fourth-order valence-corrected chi connectivity index (χ4v) is 6.09. The predicted molar refractivity (Wildman–Crippen MR) is 133 cm³/mol. The molecule has 1 amide bonds. The predicted octanol–water partition coefficient (Wildman–Crippen LogP) is 5.76. The van der Waals surface area contributed by atoms with E-state index in [4.69, 9.17) is 4.74 Å². The summed E-state index contributed by atoms with van der Waals surface area (Å²) in [7, 11) is 0. The Kier molecular flexibility index (Phi) is 8.81. The summed E-state index contributed by atoms with van der Waals surface area (Å²) in [5.41, 5.74) is -0.943. The molecular formula is C28H38F6N2O3. The van der Waals surface area contributed by atoms with Crippen LogP contribution in [0.3, 0.4) is 0 Å². The molecule has 5 nitrogen and oxygen atoms in total. The number of rotatable bonds is 9. The third-order valence-corrected chi connectivity index (χ3v) is 8.69. The van der Waals surface area contributed by atoms with Gasteiger partial charge in [0.05, 0.1) is 24.3 Å². The highest BCUT2D eigenvalue weighted by Crippen LogP contribution is 2.50. The van der Waals surface area contributed by atoms with Crippen LogP contribution in [0.25, 0.3) is 0 Å². The number of benzene rings is 1. The van der Waals surface area contributed by atoms with Crippen LogP contribution in [0.5, 0.6) is 5.75 Å². The van der Waals surface area contributed by atoms with E-state index in [2.05, 4.69) is 0 Å². The van der Waals surface area contributed by atoms with Gasteiger partial charge in [0.25, 0.3) is 5.91 Å². The van der Waals surface area contributed by atoms with Crippen molar-refractivity contribution >= 4 is 5.91 Å². The number of amides is 1. The molecule has 1 saturated carbocycles. The van der Waals surface area contributed by atoms with Crippen molar-refractivity contribution < 1.29 is 41.0 Å². The molecule has 1 unspecified atom stereocenters. The molecule has 0 radical (unpaired) electrons. The summed E-state index contributed by atoms with van der Waals surface area (Å²) < 4.78 is 84.6. The van der Waals surface area contributed by atoms with Crippen molar-refractivity contribution in [3.05, 3.63) is 29.6 Å². The van der Waals surface area contributed by atoms with Crippen LogP contribution in [-0.4, -0.2) is 77.8 Å². The van der Waals surface area contributed by atoms with Crippen LogP contribution >= 0.6 is 0 Å². The Labute approximate surface area is 225 Å². The number of carbonyl (C=O) groups is 1. The average molecular weight is 565 g/mol. The Balaban J connectivity index is 1.19. The van der Waals surface area contributed by atoms with Gasteiger partial charge in [0.1, 0.15) is 11.6 Å². The first-order chi connectivity index (χ1) is 18.2. The zero-order chi connectivity index (χ0) is 28.6. The summed E-state index contributed by atoms with van der Waals surface area (Å²) in [5.74, 6) is -4.39. The first-order valence-corrected chi connectivity index (χ1v) is 13.8. The maximum atomic E-state index is 14.8. The van der Waals surface area contributed by atoms with Gasteiger partial charge in [-0.2, -0.15) is 22.0 Å². The molecule has 11 heteroatoms. The molecule has 1 aromatic carbocycles. The van der Waals surface area contributed by atoms with Crippen LogP contribution in [0.2, 0.25) is 0 Å². The van der Waals surface area contributed by atoms with Gasteiger partial charge in [-0.3, -0.25) is 9.69 Å². The van der Waals surface area contributed by atoms with E-state index in [9.17, 15) is 36.2 Å². The second kappa shape index (κ2) is 11.5. The van der Waals surface area contributed by atoms with Crippen molar-refractivity contribution in [3.63, 3.8) is 0 Å². The molecule has 220 valence electrons. The van der Waals surface area contributed by atoms with Crippen LogP contribution in [0.1, 0.15) is 62.7 Å². The Bertz CT molecular complexity index is 1000. The van der Waals surface area contributed by atoms with Gasteiger partial charge in [-0.1, -0.05) is 0 Å². The SMILES string of the molecule is CC(C)(O)C1CCCN(C(=O)c2ccc(OCC[C@@H]3C[C@@H]3C3CCN(CC(F)(F)C(F)(F)F)CC3)cc2F)C1. The highest BCUT2D eigenvalue weighted by molar-refractivity contribution is 5.94. The van der Waals surface area contributed by atoms with Gasteiger partial charge in [0, 0.05) is 25.1 Å². The largest absolute Gasteiger partial charge is 0.493 e. The maximum Gasteiger partial charge on any atom is 0.454 e. The molecule has 3 aliphatic rings. The molecule has 2 aliphatic heterocycles. The lowest BCUT2D eigenvalue weighted by Crippen LogP contribution is -2.49. The summed E-state index contributed by atoms with van der Waals surface area (Å²) in [6.45, 7) is 3.88. The topological polar surface area (TPSA) is 53.0 Å². The lowest BCUT2D eigenvalue weighted by atomic mass is 9.84. The normalized spacial score (nSPS) is 25.6. The van der Waals surface area contributed by atoms with E-state index in [0.29, 0.717) is 56.0 Å². The van der Waals surface area contributed by atoms with Crippen LogP contribution in [0.15, 0.2) is 18.2 Å². The number of hydrogen-bond donors (Lipinski definition) is 1. The number of nitrogens with zero attached hydrogens (tertiary/aromatic N) is 2. The van der Waals surface area contributed by atoms with Crippen molar-refractivity contribution in [3.8, 4) is 5.75 Å². The summed E-state index contributed by atoms with van der Waals surface area (Å²) in [6, 6.07) is 4.21. The second-order valence-electron chi connectivity index (χ2n) is 12.0. The number of carbonyl (C=O) groups excluding carboxylic acids is 1. The Morgan fingerprint density at radius 1 is 1.08 bits per heavy atom. The van der Waals surface area contributed by atoms with Crippen molar-refractivity contribution in [2.45, 2.75) is 70.1 Å². The van der Waals surface area contributed by atoms with Crippen LogP contribution in [0, 0.1) is 29.5 Å². The first-order valence-electron chi connectivity index (χ1n) is 13.8. The number of aliphatic hydroxyl groups is 1. The summed E-state index contributed by atoms with van der Waals surface area (Å²) in [5, 5.41) is 10.3. The minimum absolute atomic E-state index is 0.0275. The third kappa shape index (κ3) is 7.39. The first kappa shape index (κ1) is 30.0. The van der Waals surface area contributed by atoms with Crippen molar-refractivity contribution in [1.82, 2.24) is 9.80 Å². The number of alkyl halides is 5. The number of hydrogen-bond acceptors (Lipinski definition) is 4. The zero-order valence-electron chi connectivity index (χ0n) is 22.5. The van der Waals surface area contributed by atoms with E-state index in [1.165, 1.54) is 17.0 Å². The van der Waals surface area contributed by atoms with Gasteiger partial charge in [-0.05, 0) is 95.3 Å². The van der Waals surface area contributed by atoms with Crippen LogP contribution in [0.4, 0.5) is 26.3 Å². The van der Waals surface area contributed by atoms with E-state index < -0.39 is 36.0 Å². The van der Waals surface area contributed by atoms with Gasteiger partial charge in [-0.25, -0.2) is 4.39 Å². The van der Waals surface area contributed by atoms with Gasteiger partial charge < -0.3 is 14.7 Å². The summed E-state index contributed by atoms with van der Waals surface area (Å²) >= 11 is 0. The molecule has 2 saturated heterocycles. The standard InChI is InChI=1S/C28H38F6N2O3/c1-26(2,38)20-4-3-10-36(16-20)25(37)22-6-5-21(15-24(22)29)39-13-9-19-14-23(19)18-7-11-35(12-8-18)17-27(30,31)28(32,33)34/h5-6,15,18-20,23,38H,3-4,7-14,16-17H2,1-2H3/t19-,20?,23-/m1/s1. The molecule has 2 heterocycles. The molecule has 39 heavy (non-hydrogen) atoms. The maximum absolute atomic E-state index is 14.8. The van der Waals surface area contributed by atoms with Crippen LogP contribution < -0.4 is 4.74 Å². The molecule has 0 aromatic heterocycles. The number of halogens is 6. The van der Waals surface area contributed by atoms with E-state index in [1.54, 1.807) is 24.8 Å². The highest BCUT2D eigenvalue weighted by Gasteiger charge is 2.58. The monoisotopic (exact) mass is 564 g/mol.